The first-order valence-corrected chi connectivity index (χ1v) is 7.27. The summed E-state index contributed by atoms with van der Waals surface area (Å²) >= 11 is 3.43. The van der Waals surface area contributed by atoms with Crippen LogP contribution in [0, 0.1) is 11.7 Å². The van der Waals surface area contributed by atoms with E-state index in [1.165, 1.54) is 25.0 Å². The third-order valence-electron chi connectivity index (χ3n) is 3.69. The van der Waals surface area contributed by atoms with E-state index in [1.54, 1.807) is 0 Å². The number of piperidine rings is 1. The Morgan fingerprint density at radius 2 is 2.26 bits per heavy atom. The number of nitrogens with two attached hydrogens (primary N) is 1. The van der Waals surface area contributed by atoms with Gasteiger partial charge in [-0.25, -0.2) is 4.39 Å². The van der Waals surface area contributed by atoms with E-state index in [0.717, 1.165) is 29.7 Å². The molecule has 0 aliphatic carbocycles. The molecule has 1 heterocycles. The summed E-state index contributed by atoms with van der Waals surface area (Å²) in [6.45, 7) is 5.10. The molecule has 1 aromatic carbocycles. The molecule has 19 heavy (non-hydrogen) atoms. The monoisotopic (exact) mass is 350 g/mol. The van der Waals surface area contributed by atoms with Crippen LogP contribution in [0.2, 0.25) is 0 Å². The molecular weight excluding hydrogens is 331 g/mol. The van der Waals surface area contributed by atoms with Gasteiger partial charge < -0.3 is 5.73 Å². The summed E-state index contributed by atoms with van der Waals surface area (Å²) in [7, 11) is 0. The number of benzene rings is 1. The molecular formula is C14H21BrClFN2. The van der Waals surface area contributed by atoms with Crippen LogP contribution in [0.3, 0.4) is 0 Å². The highest BCUT2D eigenvalue weighted by molar-refractivity contribution is 9.10. The van der Waals surface area contributed by atoms with Crippen molar-refractivity contribution in [2.45, 2.75) is 32.4 Å². The van der Waals surface area contributed by atoms with Crippen molar-refractivity contribution in [3.8, 4) is 0 Å². The maximum Gasteiger partial charge on any atom is 0.124 e. The molecule has 2 N–H and O–H groups in total. The van der Waals surface area contributed by atoms with Crippen LogP contribution in [0.1, 0.15) is 25.3 Å². The summed E-state index contributed by atoms with van der Waals surface area (Å²) in [4.78, 5) is 2.41. The van der Waals surface area contributed by atoms with Crippen molar-refractivity contribution in [3.05, 3.63) is 34.1 Å². The number of nitrogens with zero attached hydrogens (tertiary/aromatic N) is 1. The van der Waals surface area contributed by atoms with E-state index < -0.39 is 0 Å². The maximum absolute atomic E-state index is 13.0. The molecule has 2 nitrogen and oxygen atoms in total. The lowest BCUT2D eigenvalue weighted by Gasteiger charge is -2.34. The standard InChI is InChI=1S/C14H20BrFN2.ClH/c1-10(17)11-3-2-6-18(8-11)9-12-4-5-13(16)7-14(12)15;/h4-5,7,10-11H,2-3,6,8-9,17H2,1H3;1H. The van der Waals surface area contributed by atoms with Crippen molar-refractivity contribution >= 4 is 28.3 Å². The molecule has 1 aromatic rings. The van der Waals surface area contributed by atoms with Crippen LogP contribution >= 0.6 is 28.3 Å². The summed E-state index contributed by atoms with van der Waals surface area (Å²) in [6, 6.07) is 5.16. The summed E-state index contributed by atoms with van der Waals surface area (Å²) in [5.74, 6) is 0.385. The van der Waals surface area contributed by atoms with Crippen LogP contribution in [0.25, 0.3) is 0 Å². The zero-order chi connectivity index (χ0) is 13.1. The van der Waals surface area contributed by atoms with Crippen LogP contribution in [0.5, 0.6) is 0 Å². The first-order valence-electron chi connectivity index (χ1n) is 6.48. The lowest BCUT2D eigenvalue weighted by atomic mass is 9.92. The first-order chi connectivity index (χ1) is 8.56. The number of halogens is 3. The molecule has 0 saturated carbocycles. The molecule has 1 aliphatic heterocycles. The molecule has 2 rings (SSSR count). The van der Waals surface area contributed by atoms with Gasteiger partial charge in [0.1, 0.15) is 5.82 Å². The van der Waals surface area contributed by atoms with E-state index in [0.29, 0.717) is 5.92 Å². The van der Waals surface area contributed by atoms with Gasteiger partial charge in [0.15, 0.2) is 0 Å². The Balaban J connectivity index is 0.00000180. The highest BCUT2D eigenvalue weighted by atomic mass is 79.9. The molecule has 1 fully saturated rings. The molecule has 1 aliphatic rings. The van der Waals surface area contributed by atoms with Gasteiger partial charge >= 0.3 is 0 Å². The highest BCUT2D eigenvalue weighted by Gasteiger charge is 2.22. The second kappa shape index (κ2) is 7.58. The van der Waals surface area contributed by atoms with Crippen molar-refractivity contribution in [2.24, 2.45) is 11.7 Å². The van der Waals surface area contributed by atoms with Crippen LogP contribution in [-0.2, 0) is 6.54 Å². The van der Waals surface area contributed by atoms with Crippen molar-refractivity contribution < 1.29 is 4.39 Å². The quantitative estimate of drug-likeness (QED) is 0.902. The predicted octanol–water partition coefficient (Wildman–Crippen LogP) is 3.57. The van der Waals surface area contributed by atoms with Crippen molar-refractivity contribution in [2.75, 3.05) is 13.1 Å². The number of likely N-dealkylation sites (tertiary alicyclic amines) is 1. The average Bonchev–Trinajstić information content (AvgIpc) is 2.33. The lowest BCUT2D eigenvalue weighted by molar-refractivity contribution is 0.154. The van der Waals surface area contributed by atoms with Crippen molar-refractivity contribution in [3.63, 3.8) is 0 Å². The Morgan fingerprint density at radius 1 is 1.53 bits per heavy atom. The second-order valence-corrected chi connectivity index (χ2v) is 6.09. The maximum atomic E-state index is 13.0. The topological polar surface area (TPSA) is 29.3 Å². The fraction of sp³-hybridized carbons (Fsp3) is 0.571. The highest BCUT2D eigenvalue weighted by Crippen LogP contribution is 2.24. The zero-order valence-electron chi connectivity index (χ0n) is 11.1. The fourth-order valence-corrected chi connectivity index (χ4v) is 3.03. The Hall–Kier alpha value is -0.160. The van der Waals surface area contributed by atoms with Crippen LogP contribution in [-0.4, -0.2) is 24.0 Å². The third-order valence-corrected chi connectivity index (χ3v) is 4.43. The molecule has 0 amide bonds. The van der Waals surface area contributed by atoms with Gasteiger partial charge in [0.2, 0.25) is 0 Å². The van der Waals surface area contributed by atoms with E-state index in [9.17, 15) is 4.39 Å². The summed E-state index contributed by atoms with van der Waals surface area (Å²) in [6.07, 6.45) is 2.42. The largest absolute Gasteiger partial charge is 0.328 e. The average molecular weight is 352 g/mol. The fourth-order valence-electron chi connectivity index (χ4n) is 2.55. The molecule has 0 radical (unpaired) electrons. The minimum atomic E-state index is -0.197. The summed E-state index contributed by atoms with van der Waals surface area (Å²) in [5, 5.41) is 0. The van der Waals surface area contributed by atoms with Crippen LogP contribution < -0.4 is 5.73 Å². The van der Waals surface area contributed by atoms with Gasteiger partial charge in [-0.3, -0.25) is 4.90 Å². The van der Waals surface area contributed by atoms with Gasteiger partial charge in [-0.2, -0.15) is 0 Å². The Kier molecular flexibility index (Phi) is 6.74. The van der Waals surface area contributed by atoms with Gasteiger partial charge in [-0.15, -0.1) is 12.4 Å². The zero-order valence-corrected chi connectivity index (χ0v) is 13.5. The minimum Gasteiger partial charge on any atom is -0.328 e. The van der Waals surface area contributed by atoms with Gasteiger partial charge in [0, 0.05) is 23.6 Å². The van der Waals surface area contributed by atoms with E-state index in [-0.39, 0.29) is 24.3 Å². The molecule has 1 saturated heterocycles. The third kappa shape index (κ3) is 4.71. The number of hydrogen-bond acceptors (Lipinski definition) is 2. The summed E-state index contributed by atoms with van der Waals surface area (Å²) < 4.78 is 13.9. The molecule has 108 valence electrons. The van der Waals surface area contributed by atoms with Gasteiger partial charge in [-0.05, 0) is 49.9 Å². The normalized spacial score (nSPS) is 21.8. The molecule has 2 atom stereocenters. The summed E-state index contributed by atoms with van der Waals surface area (Å²) in [5.41, 5.74) is 7.13. The first kappa shape index (κ1) is 16.9. The van der Waals surface area contributed by atoms with E-state index in [4.69, 9.17) is 5.73 Å². The van der Waals surface area contributed by atoms with E-state index >= 15 is 0 Å². The number of hydrogen-bond donors (Lipinski definition) is 1. The Bertz CT molecular complexity index is 414. The van der Waals surface area contributed by atoms with Crippen molar-refractivity contribution in [1.29, 1.82) is 0 Å². The van der Waals surface area contributed by atoms with Gasteiger partial charge in [-0.1, -0.05) is 22.0 Å². The number of rotatable bonds is 3. The predicted molar refractivity (Wildman–Crippen MR) is 83.0 cm³/mol. The van der Waals surface area contributed by atoms with Crippen LogP contribution in [0.4, 0.5) is 4.39 Å². The van der Waals surface area contributed by atoms with Gasteiger partial charge in [0.05, 0.1) is 0 Å². The Labute approximate surface area is 129 Å². The van der Waals surface area contributed by atoms with E-state index in [2.05, 4.69) is 27.8 Å². The second-order valence-electron chi connectivity index (χ2n) is 5.23. The molecule has 0 bridgehead atoms. The molecule has 2 unspecified atom stereocenters. The minimum absolute atomic E-state index is 0. The lowest BCUT2D eigenvalue weighted by Crippen LogP contribution is -2.41. The van der Waals surface area contributed by atoms with Gasteiger partial charge in [0.25, 0.3) is 0 Å². The smallest absolute Gasteiger partial charge is 0.124 e. The molecule has 0 spiro atoms. The molecule has 0 aromatic heterocycles. The Morgan fingerprint density at radius 3 is 2.89 bits per heavy atom. The van der Waals surface area contributed by atoms with E-state index in [1.807, 2.05) is 6.07 Å². The SMILES string of the molecule is CC(N)C1CCCN(Cc2ccc(F)cc2Br)C1.Cl. The van der Waals surface area contributed by atoms with Crippen molar-refractivity contribution in [1.82, 2.24) is 4.90 Å². The molecule has 5 heteroatoms. The van der Waals surface area contributed by atoms with Crippen LogP contribution in [0.15, 0.2) is 22.7 Å².